The molecule has 214 valence electrons. The monoisotopic (exact) mass is 541 g/mol. The Balaban J connectivity index is 1.92. The van der Waals surface area contributed by atoms with Crippen molar-refractivity contribution in [3.63, 3.8) is 0 Å². The van der Waals surface area contributed by atoms with Crippen molar-refractivity contribution in [1.82, 2.24) is 5.32 Å². The number of allylic oxidation sites excluding steroid dienone is 2. The van der Waals surface area contributed by atoms with Crippen LogP contribution in [-0.4, -0.2) is 97.7 Å². The highest BCUT2D eigenvalue weighted by Gasteiger charge is 2.56. The Bertz CT molecular complexity index is 798. The van der Waals surface area contributed by atoms with E-state index in [0.717, 1.165) is 36.6 Å². The van der Waals surface area contributed by atoms with Crippen LogP contribution in [0.15, 0.2) is 16.8 Å². The number of hydrogen-bond donors (Lipinski definition) is 4. The molecular formula is C28H52N3O5P. The maximum Gasteiger partial charge on any atom is 0.108 e. The molecule has 0 aromatic rings. The lowest BCUT2D eigenvalue weighted by Crippen LogP contribution is -2.67. The van der Waals surface area contributed by atoms with Crippen LogP contribution in [0.5, 0.6) is 0 Å². The van der Waals surface area contributed by atoms with Gasteiger partial charge in [-0.15, -0.1) is 8.58 Å². The summed E-state index contributed by atoms with van der Waals surface area (Å²) in [4.78, 5) is 5.09. The first kappa shape index (κ1) is 30.9. The SMILES string of the molecule is CCC(C)=NC1CC(N)C(C2OC(CPCCO)=CCC2C)C(O)C1C1OCC(C)(OC)C(NC)C1C. The molecule has 0 aromatic heterocycles. The van der Waals surface area contributed by atoms with Crippen molar-refractivity contribution < 1.29 is 24.4 Å². The average molecular weight is 542 g/mol. The number of rotatable bonds is 10. The number of ether oxygens (including phenoxy) is 3. The summed E-state index contributed by atoms with van der Waals surface area (Å²) in [5.41, 5.74) is 7.47. The first-order chi connectivity index (χ1) is 17.6. The predicted octanol–water partition coefficient (Wildman–Crippen LogP) is 2.56. The van der Waals surface area contributed by atoms with Gasteiger partial charge in [-0.05, 0) is 58.3 Å². The number of nitrogens with one attached hydrogen (secondary N) is 1. The van der Waals surface area contributed by atoms with Gasteiger partial charge in [-0.2, -0.15) is 0 Å². The Hall–Kier alpha value is -0.600. The molecule has 1 aliphatic carbocycles. The van der Waals surface area contributed by atoms with Gasteiger partial charge >= 0.3 is 0 Å². The van der Waals surface area contributed by atoms with Crippen molar-refractivity contribution in [3.8, 4) is 0 Å². The van der Waals surface area contributed by atoms with E-state index in [1.165, 1.54) is 0 Å². The minimum absolute atomic E-state index is 0.0707. The Morgan fingerprint density at radius 1 is 1.32 bits per heavy atom. The molecule has 2 heterocycles. The average Bonchev–Trinajstić information content (AvgIpc) is 2.87. The van der Waals surface area contributed by atoms with E-state index in [2.05, 4.69) is 46.0 Å². The number of methoxy groups -OCH3 is 1. The highest BCUT2D eigenvalue weighted by atomic mass is 31.1. The normalized spacial score (nSPS) is 43.6. The highest BCUT2D eigenvalue weighted by Crippen LogP contribution is 2.45. The molecule has 0 bridgehead atoms. The van der Waals surface area contributed by atoms with Crippen LogP contribution in [0.3, 0.4) is 0 Å². The molecule has 2 aliphatic heterocycles. The summed E-state index contributed by atoms with van der Waals surface area (Å²) in [6.45, 7) is 11.3. The van der Waals surface area contributed by atoms with Crippen molar-refractivity contribution in [3.05, 3.63) is 11.8 Å². The largest absolute Gasteiger partial charge is 0.494 e. The van der Waals surface area contributed by atoms with Gasteiger partial charge in [-0.3, -0.25) is 4.99 Å². The van der Waals surface area contributed by atoms with Gasteiger partial charge in [0.15, 0.2) is 0 Å². The van der Waals surface area contributed by atoms with Crippen molar-refractivity contribution in [2.45, 2.75) is 95.9 Å². The molecular weight excluding hydrogens is 489 g/mol. The number of hydrogen-bond acceptors (Lipinski definition) is 8. The summed E-state index contributed by atoms with van der Waals surface area (Å²) in [6.07, 6.45) is 5.21. The summed E-state index contributed by atoms with van der Waals surface area (Å²) >= 11 is 0. The maximum atomic E-state index is 12.1. The molecule has 3 rings (SSSR count). The van der Waals surface area contributed by atoms with Gasteiger partial charge in [0, 0.05) is 55.4 Å². The van der Waals surface area contributed by atoms with E-state index in [-0.39, 0.29) is 60.6 Å². The van der Waals surface area contributed by atoms with Gasteiger partial charge in [-0.25, -0.2) is 0 Å². The van der Waals surface area contributed by atoms with Crippen LogP contribution in [0.1, 0.15) is 53.9 Å². The van der Waals surface area contributed by atoms with E-state index in [4.69, 9.17) is 24.9 Å². The van der Waals surface area contributed by atoms with Crippen LogP contribution in [0, 0.1) is 23.7 Å². The second-order valence-corrected chi connectivity index (χ2v) is 13.0. The summed E-state index contributed by atoms with van der Waals surface area (Å²) < 4.78 is 19.0. The van der Waals surface area contributed by atoms with Crippen molar-refractivity contribution >= 4 is 14.3 Å². The third-order valence-corrected chi connectivity index (χ3v) is 10.3. The molecule has 9 heteroatoms. The van der Waals surface area contributed by atoms with Crippen LogP contribution in [0.25, 0.3) is 0 Å². The summed E-state index contributed by atoms with van der Waals surface area (Å²) in [5, 5.41) is 24.8. The van der Waals surface area contributed by atoms with E-state index in [1.54, 1.807) is 7.11 Å². The maximum absolute atomic E-state index is 12.1. The first-order valence-electron chi connectivity index (χ1n) is 14.1. The Morgan fingerprint density at radius 3 is 2.68 bits per heavy atom. The fourth-order valence-electron chi connectivity index (χ4n) is 6.81. The fraction of sp³-hybridized carbons (Fsp3) is 0.893. The molecule has 0 radical (unpaired) electrons. The van der Waals surface area contributed by atoms with Crippen molar-refractivity contribution in [2.24, 2.45) is 34.4 Å². The summed E-state index contributed by atoms with van der Waals surface area (Å²) in [7, 11) is 4.33. The Kier molecular flexibility index (Phi) is 11.4. The van der Waals surface area contributed by atoms with Crippen LogP contribution < -0.4 is 11.1 Å². The lowest BCUT2D eigenvalue weighted by molar-refractivity contribution is -0.207. The minimum Gasteiger partial charge on any atom is -0.494 e. The Morgan fingerprint density at radius 2 is 2.05 bits per heavy atom. The minimum atomic E-state index is -0.703. The summed E-state index contributed by atoms with van der Waals surface area (Å²) in [6, 6.07) is -0.265. The standard InChI is InChI=1S/C28H52N3O5P/c1-8-17(3)31-21-13-20(29)22(25-16(2)9-10-19(36-25)14-37-12-11-32)24(33)23(21)26-18(4)27(30-6)28(5,34-7)15-35-26/h10,16,18,20-27,30,32-33,37H,8-9,11-15,29H2,1-7H3. The number of aliphatic hydroxyl groups is 2. The molecule has 37 heavy (non-hydrogen) atoms. The van der Waals surface area contributed by atoms with Gasteiger partial charge < -0.3 is 35.5 Å². The van der Waals surface area contributed by atoms with E-state index < -0.39 is 11.7 Å². The van der Waals surface area contributed by atoms with E-state index in [0.29, 0.717) is 21.6 Å². The molecule has 5 N–H and O–H groups in total. The van der Waals surface area contributed by atoms with Crippen LogP contribution in [-0.2, 0) is 14.2 Å². The van der Waals surface area contributed by atoms with Crippen LogP contribution in [0.2, 0.25) is 0 Å². The molecule has 1 saturated carbocycles. The number of likely N-dealkylation sites (N-methyl/N-ethyl adjacent to an activating group) is 1. The molecule has 0 amide bonds. The number of aliphatic hydroxyl groups excluding tert-OH is 2. The molecule has 3 aliphatic rings. The summed E-state index contributed by atoms with van der Waals surface area (Å²) in [5.74, 6) is 0.914. The van der Waals surface area contributed by atoms with Crippen molar-refractivity contribution in [2.75, 3.05) is 39.7 Å². The zero-order valence-corrected chi connectivity index (χ0v) is 24.9. The lowest BCUT2D eigenvalue weighted by Gasteiger charge is -2.54. The predicted molar refractivity (Wildman–Crippen MR) is 152 cm³/mol. The number of aliphatic imine (C=N–C) groups is 1. The molecule has 12 atom stereocenters. The van der Waals surface area contributed by atoms with E-state index in [9.17, 15) is 10.2 Å². The third-order valence-electron chi connectivity index (χ3n) is 9.09. The molecule has 1 saturated heterocycles. The van der Waals surface area contributed by atoms with Crippen LogP contribution in [0.4, 0.5) is 0 Å². The topological polar surface area (TPSA) is 119 Å². The molecule has 0 aromatic carbocycles. The fourth-order valence-corrected chi connectivity index (χ4v) is 7.62. The van der Waals surface area contributed by atoms with E-state index in [1.807, 2.05) is 7.05 Å². The van der Waals surface area contributed by atoms with Gasteiger partial charge in [0.1, 0.15) is 11.7 Å². The highest BCUT2D eigenvalue weighted by molar-refractivity contribution is 7.38. The Labute approximate surface area is 226 Å². The lowest BCUT2D eigenvalue weighted by atomic mass is 9.63. The van der Waals surface area contributed by atoms with Gasteiger partial charge in [0.2, 0.25) is 0 Å². The van der Waals surface area contributed by atoms with Crippen LogP contribution >= 0.6 is 8.58 Å². The number of nitrogens with zero attached hydrogens (tertiary/aromatic N) is 1. The third kappa shape index (κ3) is 6.77. The molecule has 8 nitrogen and oxygen atoms in total. The quantitative estimate of drug-likeness (QED) is 0.191. The van der Waals surface area contributed by atoms with Gasteiger partial charge in [0.25, 0.3) is 0 Å². The zero-order chi connectivity index (χ0) is 27.3. The second kappa shape index (κ2) is 13.6. The number of nitrogens with two attached hydrogens (primary N) is 1. The first-order valence-corrected chi connectivity index (χ1v) is 15.5. The van der Waals surface area contributed by atoms with E-state index >= 15 is 0 Å². The van der Waals surface area contributed by atoms with Gasteiger partial charge in [0.05, 0.1) is 30.6 Å². The molecule has 0 spiro atoms. The smallest absolute Gasteiger partial charge is 0.108 e. The molecule has 2 fully saturated rings. The molecule has 12 unspecified atom stereocenters. The van der Waals surface area contributed by atoms with Crippen molar-refractivity contribution in [1.29, 1.82) is 0 Å². The van der Waals surface area contributed by atoms with Gasteiger partial charge in [-0.1, -0.05) is 20.8 Å². The zero-order valence-electron chi connectivity index (χ0n) is 23.9. The second-order valence-electron chi connectivity index (χ2n) is 11.6.